The molecule has 0 unspecified atom stereocenters. The summed E-state index contributed by atoms with van der Waals surface area (Å²) in [6.07, 6.45) is 2.83. The first-order chi connectivity index (χ1) is 18.3. The van der Waals surface area contributed by atoms with Crippen molar-refractivity contribution in [3.8, 4) is 17.3 Å². The molecule has 196 valence electrons. The molecule has 38 heavy (non-hydrogen) atoms. The minimum Gasteiger partial charge on any atom is -0.351 e. The molecule has 2 saturated heterocycles. The smallest absolute Gasteiger partial charge is 0.314 e. The van der Waals surface area contributed by atoms with Gasteiger partial charge in [-0.1, -0.05) is 59.4 Å². The number of urea groups is 1. The van der Waals surface area contributed by atoms with Gasteiger partial charge in [0.25, 0.3) is 0 Å². The number of amides is 2. The summed E-state index contributed by atoms with van der Waals surface area (Å²) in [5.41, 5.74) is 9.37. The van der Waals surface area contributed by atoms with Crippen LogP contribution in [-0.2, 0) is 6.42 Å². The summed E-state index contributed by atoms with van der Waals surface area (Å²) >= 11 is 2.95. The predicted molar refractivity (Wildman–Crippen MR) is 150 cm³/mol. The maximum atomic E-state index is 11.7. The second-order valence-electron chi connectivity index (χ2n) is 10.2. The molecule has 0 radical (unpaired) electrons. The fraction of sp³-hybridized carbons (Fsp3) is 0.423. The van der Waals surface area contributed by atoms with Crippen molar-refractivity contribution in [3.63, 3.8) is 0 Å². The van der Waals surface area contributed by atoms with Crippen LogP contribution in [0.4, 0.5) is 20.9 Å². The number of hydrogen-bond donors (Lipinski definition) is 1. The number of nitriles is 1. The zero-order valence-corrected chi connectivity index (χ0v) is 23.3. The lowest BCUT2D eigenvalue weighted by Gasteiger charge is -2.54. The number of rotatable bonds is 5. The van der Waals surface area contributed by atoms with Gasteiger partial charge >= 0.3 is 6.03 Å². The zero-order valence-electron chi connectivity index (χ0n) is 21.6. The van der Waals surface area contributed by atoms with E-state index in [1.807, 2.05) is 47.7 Å². The molecule has 2 fully saturated rings. The van der Waals surface area contributed by atoms with E-state index in [9.17, 15) is 10.1 Å². The number of carbonyl (C=O) groups excluding carboxylic acids is 1. The fourth-order valence-corrected chi connectivity index (χ4v) is 7.31. The van der Waals surface area contributed by atoms with Gasteiger partial charge in [-0.3, -0.25) is 0 Å². The topological polar surface area (TPSA) is 120 Å². The number of benzene rings is 1. The van der Waals surface area contributed by atoms with E-state index in [2.05, 4.69) is 17.9 Å². The maximum Gasteiger partial charge on any atom is 0.314 e. The molecule has 1 aromatic carbocycles. The zero-order chi connectivity index (χ0) is 26.6. The van der Waals surface area contributed by atoms with Gasteiger partial charge in [-0.2, -0.15) is 9.78 Å². The molecule has 6 rings (SSSR count). The van der Waals surface area contributed by atoms with Crippen molar-refractivity contribution in [1.29, 1.82) is 5.26 Å². The SMILES string of the molecule is CCc1nc2sc(N3CC4(CCCN(C(N)=O)C4)C3)nn2c1N(C)c1nc(-c2ccc(C)cc2)c(C#N)s1. The van der Waals surface area contributed by atoms with Crippen molar-refractivity contribution in [2.75, 3.05) is 43.0 Å². The van der Waals surface area contributed by atoms with Crippen molar-refractivity contribution in [2.24, 2.45) is 11.1 Å². The first kappa shape index (κ1) is 24.6. The van der Waals surface area contributed by atoms with Crippen molar-refractivity contribution < 1.29 is 4.79 Å². The summed E-state index contributed by atoms with van der Waals surface area (Å²) in [5.74, 6) is 0.867. The third-order valence-corrected chi connectivity index (χ3v) is 9.52. The maximum absolute atomic E-state index is 11.7. The van der Waals surface area contributed by atoms with Gasteiger partial charge in [-0.05, 0) is 26.2 Å². The monoisotopic (exact) mass is 547 g/mol. The predicted octanol–water partition coefficient (Wildman–Crippen LogP) is 4.41. The molecule has 4 aromatic rings. The molecule has 2 amide bonds. The Labute approximate surface area is 228 Å². The molecule has 2 aliphatic rings. The molecule has 3 aromatic heterocycles. The van der Waals surface area contributed by atoms with Crippen molar-refractivity contribution in [1.82, 2.24) is 24.5 Å². The van der Waals surface area contributed by atoms with Crippen molar-refractivity contribution >= 4 is 49.7 Å². The molecule has 0 atom stereocenters. The Kier molecular flexibility index (Phi) is 6.00. The van der Waals surface area contributed by atoms with Gasteiger partial charge < -0.3 is 20.4 Å². The van der Waals surface area contributed by atoms with E-state index in [0.29, 0.717) is 17.1 Å². The lowest BCUT2D eigenvalue weighted by Crippen LogP contribution is -2.64. The lowest BCUT2D eigenvalue weighted by molar-refractivity contribution is 0.0821. The van der Waals surface area contributed by atoms with E-state index >= 15 is 0 Å². The van der Waals surface area contributed by atoms with E-state index in [-0.39, 0.29) is 11.4 Å². The molecule has 5 heterocycles. The Balaban J connectivity index is 1.29. The Morgan fingerprint density at radius 1 is 1.21 bits per heavy atom. The quantitative estimate of drug-likeness (QED) is 0.393. The second kappa shape index (κ2) is 9.25. The van der Waals surface area contributed by atoms with Crippen LogP contribution in [0.3, 0.4) is 0 Å². The van der Waals surface area contributed by atoms with Crippen molar-refractivity contribution in [2.45, 2.75) is 33.1 Å². The highest BCUT2D eigenvalue weighted by Gasteiger charge is 2.47. The number of nitrogens with two attached hydrogens (primary N) is 1. The molecule has 0 bridgehead atoms. The van der Waals surface area contributed by atoms with Gasteiger partial charge in [0.15, 0.2) is 10.9 Å². The van der Waals surface area contributed by atoms with Crippen LogP contribution >= 0.6 is 22.7 Å². The van der Waals surface area contributed by atoms with Crippen molar-refractivity contribution in [3.05, 3.63) is 40.4 Å². The first-order valence-electron chi connectivity index (χ1n) is 12.7. The first-order valence-corrected chi connectivity index (χ1v) is 14.3. The number of nitrogens with zero attached hydrogens (tertiary/aromatic N) is 8. The number of hydrogen-bond acceptors (Lipinski definition) is 9. The summed E-state index contributed by atoms with van der Waals surface area (Å²) in [5, 5.41) is 16.4. The van der Waals surface area contributed by atoms with E-state index in [1.54, 1.807) is 16.2 Å². The highest BCUT2D eigenvalue weighted by atomic mass is 32.1. The molecular weight excluding hydrogens is 518 g/mol. The molecular formula is C26H29N9OS2. The number of aromatic nitrogens is 4. The summed E-state index contributed by atoms with van der Waals surface area (Å²) in [4.78, 5) is 28.9. The summed E-state index contributed by atoms with van der Waals surface area (Å²) in [6, 6.07) is 10.1. The van der Waals surface area contributed by atoms with Crippen LogP contribution in [0.5, 0.6) is 0 Å². The number of carbonyl (C=O) groups is 1. The molecule has 10 nitrogen and oxygen atoms in total. The average molecular weight is 548 g/mol. The van der Waals surface area contributed by atoms with Gasteiger partial charge in [-0.25, -0.2) is 14.8 Å². The third-order valence-electron chi connectivity index (χ3n) is 7.52. The molecule has 12 heteroatoms. The average Bonchev–Trinajstić information content (AvgIpc) is 3.59. The van der Waals surface area contributed by atoms with Gasteiger partial charge in [0.05, 0.1) is 5.69 Å². The molecule has 0 saturated carbocycles. The highest BCUT2D eigenvalue weighted by molar-refractivity contribution is 7.20. The largest absolute Gasteiger partial charge is 0.351 e. The summed E-state index contributed by atoms with van der Waals surface area (Å²) < 4.78 is 1.90. The van der Waals surface area contributed by atoms with E-state index < -0.39 is 0 Å². The fourth-order valence-electron chi connectivity index (χ4n) is 5.55. The van der Waals surface area contributed by atoms with Crippen LogP contribution in [0.1, 0.15) is 35.9 Å². The summed E-state index contributed by atoms with van der Waals surface area (Å²) in [6.45, 7) is 7.29. The number of fused-ring (bicyclic) bond motifs is 1. The van der Waals surface area contributed by atoms with Gasteiger partial charge in [-0.15, -0.1) is 5.10 Å². The number of primary amides is 1. The Morgan fingerprint density at radius 2 is 1.97 bits per heavy atom. The Bertz CT molecular complexity index is 1560. The van der Waals surface area contributed by atoms with Crippen LogP contribution in [0.15, 0.2) is 24.3 Å². The Morgan fingerprint density at radius 3 is 2.66 bits per heavy atom. The van der Waals surface area contributed by atoms with Gasteiger partial charge in [0, 0.05) is 44.2 Å². The van der Waals surface area contributed by atoms with Crippen LogP contribution in [-0.4, -0.2) is 63.7 Å². The standard InChI is InChI=1S/C26H29N9OS2/c1-4-18-21(32(3)23-30-20(19(12-27)37-23)17-8-6-16(2)7-9-17)35-24(29-18)38-25(31-35)34-14-26(15-34)10-5-11-33(13-26)22(28)36/h6-9H,4-5,10-11,13-15H2,1-3H3,(H2,28,36). The minimum atomic E-state index is -0.331. The summed E-state index contributed by atoms with van der Waals surface area (Å²) in [7, 11) is 1.96. The van der Waals surface area contributed by atoms with E-state index in [4.69, 9.17) is 20.8 Å². The molecule has 2 N–H and O–H groups in total. The number of piperidine rings is 1. The highest BCUT2D eigenvalue weighted by Crippen LogP contribution is 2.44. The van der Waals surface area contributed by atoms with Crippen LogP contribution in [0.2, 0.25) is 0 Å². The number of aryl methyl sites for hydroxylation is 2. The molecule has 1 spiro atoms. The number of likely N-dealkylation sites (tertiary alicyclic amines) is 1. The molecule has 2 aliphatic heterocycles. The van der Waals surface area contributed by atoms with Crippen LogP contribution < -0.4 is 15.5 Å². The van der Waals surface area contributed by atoms with E-state index in [1.165, 1.54) is 11.3 Å². The van der Waals surface area contributed by atoms with Crippen LogP contribution in [0, 0.1) is 23.7 Å². The third kappa shape index (κ3) is 4.06. The normalized spacial score (nSPS) is 16.6. The number of thiazole rings is 1. The Hall–Kier alpha value is -3.69. The number of imidazole rings is 1. The second-order valence-corrected chi connectivity index (χ2v) is 12.2. The molecule has 0 aliphatic carbocycles. The van der Waals surface area contributed by atoms with Gasteiger partial charge in [0.2, 0.25) is 10.1 Å². The number of anilines is 3. The lowest BCUT2D eigenvalue weighted by atomic mass is 9.73. The van der Waals surface area contributed by atoms with E-state index in [0.717, 1.165) is 76.8 Å². The van der Waals surface area contributed by atoms with Gasteiger partial charge in [0.1, 0.15) is 16.6 Å². The van der Waals surface area contributed by atoms with Crippen LogP contribution in [0.25, 0.3) is 16.2 Å². The minimum absolute atomic E-state index is 0.0935.